The third-order valence-corrected chi connectivity index (χ3v) is 5.27. The first-order chi connectivity index (χ1) is 12.5. The van der Waals surface area contributed by atoms with Crippen LogP contribution in [0, 0.1) is 18.8 Å². The van der Waals surface area contributed by atoms with Gasteiger partial charge in [0.2, 0.25) is 5.91 Å². The Hall–Kier alpha value is -1.59. The number of aryl methyl sites for hydroxylation is 1. The first-order valence-electron chi connectivity index (χ1n) is 9.72. The number of ether oxygens (including phenoxy) is 1. The Morgan fingerprint density at radius 2 is 1.89 bits per heavy atom. The number of carbonyl (C=O) groups is 2. The number of esters is 1. The number of carbonyl (C=O) groups excluding carboxylic acids is 2. The molecule has 0 aliphatic carbocycles. The minimum atomic E-state index is -0.344. The molecule has 27 heavy (non-hydrogen) atoms. The second kappa shape index (κ2) is 12.0. The zero-order valence-electron chi connectivity index (χ0n) is 16.6. The summed E-state index contributed by atoms with van der Waals surface area (Å²) < 4.78 is 5.09. The van der Waals surface area contributed by atoms with E-state index < -0.39 is 0 Å². The van der Waals surface area contributed by atoms with Gasteiger partial charge in [0.1, 0.15) is 0 Å². The van der Waals surface area contributed by atoms with Crippen molar-refractivity contribution in [2.75, 3.05) is 19.7 Å². The molecule has 0 bridgehead atoms. The molecule has 2 N–H and O–H groups in total. The van der Waals surface area contributed by atoms with E-state index in [9.17, 15) is 9.59 Å². The smallest absolute Gasteiger partial charge is 0.308 e. The monoisotopic (exact) mass is 396 g/mol. The molecule has 1 aliphatic rings. The Morgan fingerprint density at radius 1 is 1.22 bits per heavy atom. The van der Waals surface area contributed by atoms with Crippen molar-refractivity contribution in [2.45, 2.75) is 52.5 Å². The van der Waals surface area contributed by atoms with Crippen LogP contribution in [0.4, 0.5) is 0 Å². The molecule has 1 heterocycles. The number of nitrogens with one attached hydrogen (secondary N) is 2. The highest BCUT2D eigenvalue weighted by atomic mass is 35.5. The number of halogens is 1. The lowest BCUT2D eigenvalue weighted by Crippen LogP contribution is -2.35. The van der Waals surface area contributed by atoms with Gasteiger partial charge in [-0.1, -0.05) is 31.2 Å². The number of hydrogen-bond donors (Lipinski definition) is 2. The average molecular weight is 397 g/mol. The van der Waals surface area contributed by atoms with E-state index in [-0.39, 0.29) is 36.7 Å². The fourth-order valence-corrected chi connectivity index (χ4v) is 3.73. The Balaban J connectivity index is 0.00000364. The largest absolute Gasteiger partial charge is 0.466 e. The van der Waals surface area contributed by atoms with Crippen LogP contribution >= 0.6 is 12.4 Å². The summed E-state index contributed by atoms with van der Waals surface area (Å²) in [4.78, 5) is 24.7. The molecule has 1 aromatic carbocycles. The van der Waals surface area contributed by atoms with Crippen LogP contribution in [-0.2, 0) is 14.3 Å². The third kappa shape index (κ3) is 7.51. The molecule has 1 fully saturated rings. The molecule has 0 saturated carbocycles. The summed E-state index contributed by atoms with van der Waals surface area (Å²) in [5.41, 5.74) is 2.04. The summed E-state index contributed by atoms with van der Waals surface area (Å²) in [7, 11) is 0. The predicted molar refractivity (Wildman–Crippen MR) is 110 cm³/mol. The maximum absolute atomic E-state index is 12.7. The molecule has 5 nitrogen and oxygen atoms in total. The SMILES string of the molecule is CCOC(=O)CC(NC(=O)CC(C)C1CCNCC1)c1ccccc1C.Cl. The molecule has 6 heteroatoms. The lowest BCUT2D eigenvalue weighted by molar-refractivity contribution is -0.143. The number of amides is 1. The highest BCUT2D eigenvalue weighted by Crippen LogP contribution is 2.26. The lowest BCUT2D eigenvalue weighted by atomic mass is 9.84. The Kier molecular flexibility index (Phi) is 10.4. The van der Waals surface area contributed by atoms with E-state index in [1.54, 1.807) is 6.92 Å². The van der Waals surface area contributed by atoms with Crippen molar-refractivity contribution in [3.63, 3.8) is 0 Å². The summed E-state index contributed by atoms with van der Waals surface area (Å²) in [6.07, 6.45) is 2.90. The maximum Gasteiger partial charge on any atom is 0.308 e. The number of piperidine rings is 1. The maximum atomic E-state index is 12.7. The zero-order valence-corrected chi connectivity index (χ0v) is 17.4. The Morgan fingerprint density at radius 3 is 2.52 bits per heavy atom. The molecule has 1 aliphatic heterocycles. The van der Waals surface area contributed by atoms with Gasteiger partial charge in [0.05, 0.1) is 19.1 Å². The van der Waals surface area contributed by atoms with Gasteiger partial charge in [-0.2, -0.15) is 0 Å². The fourth-order valence-electron chi connectivity index (χ4n) is 3.73. The van der Waals surface area contributed by atoms with Gasteiger partial charge in [-0.3, -0.25) is 9.59 Å². The molecule has 0 spiro atoms. The summed E-state index contributed by atoms with van der Waals surface area (Å²) in [6, 6.07) is 7.52. The quantitative estimate of drug-likeness (QED) is 0.659. The highest BCUT2D eigenvalue weighted by Gasteiger charge is 2.25. The molecule has 2 rings (SSSR count). The number of hydrogen-bond acceptors (Lipinski definition) is 4. The van der Waals surface area contributed by atoms with Gasteiger partial charge in [0, 0.05) is 6.42 Å². The molecular formula is C21H33ClN2O3. The van der Waals surface area contributed by atoms with Gasteiger partial charge in [0.25, 0.3) is 0 Å². The van der Waals surface area contributed by atoms with Crippen LogP contribution in [0.25, 0.3) is 0 Å². The van der Waals surface area contributed by atoms with E-state index >= 15 is 0 Å². The van der Waals surface area contributed by atoms with Gasteiger partial charge in [0.15, 0.2) is 0 Å². The van der Waals surface area contributed by atoms with E-state index in [2.05, 4.69) is 17.6 Å². The van der Waals surface area contributed by atoms with Crippen molar-refractivity contribution in [3.05, 3.63) is 35.4 Å². The van der Waals surface area contributed by atoms with Crippen molar-refractivity contribution < 1.29 is 14.3 Å². The van der Waals surface area contributed by atoms with E-state index in [1.165, 1.54) is 0 Å². The molecule has 2 unspecified atom stereocenters. The van der Waals surface area contributed by atoms with Crippen molar-refractivity contribution in [2.24, 2.45) is 11.8 Å². The van der Waals surface area contributed by atoms with Gasteiger partial charge in [-0.05, 0) is 62.7 Å². The van der Waals surface area contributed by atoms with E-state index in [4.69, 9.17) is 4.74 Å². The van der Waals surface area contributed by atoms with Crippen LogP contribution in [0.1, 0.15) is 56.7 Å². The first kappa shape index (κ1) is 23.4. The highest BCUT2D eigenvalue weighted by molar-refractivity contribution is 5.85. The minimum absolute atomic E-state index is 0. The summed E-state index contributed by atoms with van der Waals surface area (Å²) in [5.74, 6) is 0.655. The average Bonchev–Trinajstić information content (AvgIpc) is 2.62. The van der Waals surface area contributed by atoms with E-state index in [0.717, 1.165) is 37.1 Å². The van der Waals surface area contributed by atoms with Crippen molar-refractivity contribution in [3.8, 4) is 0 Å². The van der Waals surface area contributed by atoms with Gasteiger partial charge in [-0.25, -0.2) is 0 Å². The Labute approximate surface area is 169 Å². The molecule has 1 amide bonds. The van der Waals surface area contributed by atoms with Crippen LogP contribution in [0.15, 0.2) is 24.3 Å². The second-order valence-electron chi connectivity index (χ2n) is 7.25. The molecular weight excluding hydrogens is 364 g/mol. The zero-order chi connectivity index (χ0) is 18.9. The van der Waals surface area contributed by atoms with Gasteiger partial charge >= 0.3 is 5.97 Å². The fraction of sp³-hybridized carbons (Fsp3) is 0.619. The van der Waals surface area contributed by atoms with Gasteiger partial charge < -0.3 is 15.4 Å². The molecule has 152 valence electrons. The van der Waals surface area contributed by atoms with Crippen LogP contribution < -0.4 is 10.6 Å². The number of benzene rings is 1. The molecule has 1 saturated heterocycles. The van der Waals surface area contributed by atoms with Crippen molar-refractivity contribution in [1.29, 1.82) is 0 Å². The number of rotatable bonds is 8. The second-order valence-corrected chi connectivity index (χ2v) is 7.25. The Bertz CT molecular complexity index is 603. The van der Waals surface area contributed by atoms with Crippen LogP contribution in [0.5, 0.6) is 0 Å². The lowest BCUT2D eigenvalue weighted by Gasteiger charge is -2.28. The van der Waals surface area contributed by atoms with Gasteiger partial charge in [-0.15, -0.1) is 12.4 Å². The van der Waals surface area contributed by atoms with E-state index in [0.29, 0.717) is 24.9 Å². The summed E-state index contributed by atoms with van der Waals surface area (Å²) in [6.45, 7) is 8.36. The summed E-state index contributed by atoms with van der Waals surface area (Å²) in [5, 5.41) is 6.44. The molecule has 1 aromatic rings. The van der Waals surface area contributed by atoms with E-state index in [1.807, 2.05) is 31.2 Å². The van der Waals surface area contributed by atoms with Crippen LogP contribution in [-0.4, -0.2) is 31.6 Å². The topological polar surface area (TPSA) is 67.4 Å². The first-order valence-corrected chi connectivity index (χ1v) is 9.72. The normalized spacial score (nSPS) is 16.7. The molecule has 0 aromatic heterocycles. The summed E-state index contributed by atoms with van der Waals surface area (Å²) >= 11 is 0. The minimum Gasteiger partial charge on any atom is -0.466 e. The van der Waals surface area contributed by atoms with Crippen LogP contribution in [0.2, 0.25) is 0 Å². The van der Waals surface area contributed by atoms with Crippen molar-refractivity contribution in [1.82, 2.24) is 10.6 Å². The standard InChI is InChI=1S/C21H32N2O3.ClH/c1-4-26-21(25)14-19(18-8-6-5-7-15(18)2)23-20(24)13-16(3)17-9-11-22-12-10-17;/h5-8,16-17,19,22H,4,9-14H2,1-3H3,(H,23,24);1H. The molecule has 2 atom stereocenters. The van der Waals surface area contributed by atoms with Crippen molar-refractivity contribution >= 4 is 24.3 Å². The predicted octanol–water partition coefficient (Wildman–Crippen LogP) is 3.55. The third-order valence-electron chi connectivity index (χ3n) is 5.27. The van der Waals surface area contributed by atoms with Crippen LogP contribution in [0.3, 0.4) is 0 Å². The molecule has 0 radical (unpaired) electrons.